The van der Waals surface area contributed by atoms with Crippen molar-refractivity contribution >= 4 is 56.7 Å². The van der Waals surface area contributed by atoms with Gasteiger partial charge in [0.1, 0.15) is 16.9 Å². The van der Waals surface area contributed by atoms with Gasteiger partial charge in [-0.2, -0.15) is 0 Å². The largest absolute Gasteiger partial charge is 0.464 e. The van der Waals surface area contributed by atoms with Crippen molar-refractivity contribution in [2.45, 2.75) is 13.3 Å². The highest BCUT2D eigenvalue weighted by molar-refractivity contribution is 6.31. The van der Waals surface area contributed by atoms with Crippen LogP contribution >= 0.6 is 11.6 Å². The number of carbonyl (C=O) groups is 2. The number of rotatable bonds is 5. The molecule has 0 saturated carbocycles. The van der Waals surface area contributed by atoms with Gasteiger partial charge in [0.05, 0.1) is 12.7 Å². The molecule has 5 rings (SSSR count). The molecule has 2 N–H and O–H groups in total. The predicted molar refractivity (Wildman–Crippen MR) is 129 cm³/mol. The molecule has 0 unspecified atom stereocenters. The predicted octanol–water partition coefficient (Wildman–Crippen LogP) is 6.57. The first-order chi connectivity index (χ1) is 16.0. The van der Waals surface area contributed by atoms with E-state index in [-0.39, 0.29) is 18.1 Å². The summed E-state index contributed by atoms with van der Waals surface area (Å²) in [7, 11) is 0. The van der Waals surface area contributed by atoms with Crippen LogP contribution in [0.4, 0.5) is 11.4 Å². The smallest absolute Gasteiger partial charge is 0.293 e. The first-order valence-corrected chi connectivity index (χ1v) is 10.7. The Morgan fingerprint density at radius 2 is 1.70 bits per heavy atom. The SMILES string of the molecule is Cc1ccc(NC(=O)c2oc3ccccc3c2NC(=O)Cc2coc3ccc(Cl)cc23)cc1. The lowest BCUT2D eigenvalue weighted by Gasteiger charge is -2.07. The zero-order valence-electron chi connectivity index (χ0n) is 17.6. The van der Waals surface area contributed by atoms with E-state index in [2.05, 4.69) is 10.6 Å². The van der Waals surface area contributed by atoms with Crippen LogP contribution in [0.1, 0.15) is 21.7 Å². The lowest BCUT2D eigenvalue weighted by Crippen LogP contribution is -2.18. The fourth-order valence-electron chi connectivity index (χ4n) is 3.70. The van der Waals surface area contributed by atoms with Gasteiger partial charge in [-0.25, -0.2) is 0 Å². The van der Waals surface area contributed by atoms with Crippen LogP contribution in [-0.2, 0) is 11.2 Å². The highest BCUT2D eigenvalue weighted by atomic mass is 35.5. The minimum atomic E-state index is -0.453. The molecule has 0 spiro atoms. The Bertz CT molecular complexity index is 1500. The average molecular weight is 459 g/mol. The van der Waals surface area contributed by atoms with E-state index in [1.165, 1.54) is 0 Å². The van der Waals surface area contributed by atoms with E-state index in [0.29, 0.717) is 38.5 Å². The molecule has 33 heavy (non-hydrogen) atoms. The zero-order valence-corrected chi connectivity index (χ0v) is 18.4. The van der Waals surface area contributed by atoms with Crippen molar-refractivity contribution in [3.05, 3.63) is 94.9 Å². The van der Waals surface area contributed by atoms with Gasteiger partial charge in [-0.05, 0) is 49.4 Å². The summed E-state index contributed by atoms with van der Waals surface area (Å²) in [5.74, 6) is -0.732. The van der Waals surface area contributed by atoms with E-state index in [4.69, 9.17) is 20.4 Å². The molecule has 2 heterocycles. The van der Waals surface area contributed by atoms with Gasteiger partial charge in [-0.15, -0.1) is 0 Å². The second kappa shape index (κ2) is 8.48. The maximum Gasteiger partial charge on any atom is 0.293 e. The molecule has 0 aliphatic rings. The summed E-state index contributed by atoms with van der Waals surface area (Å²) in [5.41, 5.74) is 3.88. The highest BCUT2D eigenvalue weighted by Gasteiger charge is 2.23. The molecule has 0 bridgehead atoms. The van der Waals surface area contributed by atoms with Crippen molar-refractivity contribution in [2.24, 2.45) is 0 Å². The Morgan fingerprint density at radius 3 is 2.52 bits per heavy atom. The minimum absolute atomic E-state index is 0.0326. The summed E-state index contributed by atoms with van der Waals surface area (Å²) < 4.78 is 11.3. The summed E-state index contributed by atoms with van der Waals surface area (Å²) in [6.07, 6.45) is 1.59. The van der Waals surface area contributed by atoms with Crippen LogP contribution < -0.4 is 10.6 Å². The number of fused-ring (bicyclic) bond motifs is 2. The van der Waals surface area contributed by atoms with E-state index in [9.17, 15) is 9.59 Å². The van der Waals surface area contributed by atoms with Crippen molar-refractivity contribution in [3.63, 3.8) is 0 Å². The third-order valence-corrected chi connectivity index (χ3v) is 5.58. The number of benzene rings is 3. The van der Waals surface area contributed by atoms with E-state index in [0.717, 1.165) is 10.9 Å². The number of halogens is 1. The molecule has 2 amide bonds. The first-order valence-electron chi connectivity index (χ1n) is 10.3. The third kappa shape index (κ3) is 4.21. The Hall–Kier alpha value is -4.03. The number of para-hydroxylation sites is 1. The molecule has 0 aliphatic heterocycles. The number of aryl methyl sites for hydroxylation is 1. The molecular weight excluding hydrogens is 440 g/mol. The summed E-state index contributed by atoms with van der Waals surface area (Å²) >= 11 is 6.10. The molecule has 164 valence electrons. The van der Waals surface area contributed by atoms with Gasteiger partial charge in [0, 0.05) is 27.0 Å². The van der Waals surface area contributed by atoms with Crippen LogP contribution in [0.15, 0.2) is 81.8 Å². The van der Waals surface area contributed by atoms with Crippen LogP contribution in [0, 0.1) is 6.92 Å². The topological polar surface area (TPSA) is 84.5 Å². The molecule has 3 aromatic carbocycles. The number of furan rings is 2. The number of amides is 2. The van der Waals surface area contributed by atoms with Crippen LogP contribution in [-0.4, -0.2) is 11.8 Å². The van der Waals surface area contributed by atoms with Gasteiger partial charge in [0.2, 0.25) is 11.7 Å². The molecular formula is C26H19ClN2O4. The standard InChI is InChI=1S/C26H19ClN2O4/c1-15-6-9-18(10-7-15)28-26(31)25-24(19-4-2-3-5-22(19)33-25)29-23(30)12-16-14-32-21-11-8-17(27)13-20(16)21/h2-11,13-14H,12H2,1H3,(H,28,31)(H,29,30). The number of hydrogen-bond acceptors (Lipinski definition) is 4. The van der Waals surface area contributed by atoms with Crippen molar-refractivity contribution in [3.8, 4) is 0 Å². The van der Waals surface area contributed by atoms with Gasteiger partial charge in [0.25, 0.3) is 5.91 Å². The fourth-order valence-corrected chi connectivity index (χ4v) is 3.87. The first kappa shape index (κ1) is 20.8. The van der Waals surface area contributed by atoms with Gasteiger partial charge in [-0.3, -0.25) is 9.59 Å². The Kier molecular flexibility index (Phi) is 5.36. The molecule has 0 aliphatic carbocycles. The van der Waals surface area contributed by atoms with Crippen molar-refractivity contribution in [1.82, 2.24) is 0 Å². The maximum atomic E-state index is 13.0. The molecule has 0 radical (unpaired) electrons. The number of hydrogen-bond donors (Lipinski definition) is 2. The average Bonchev–Trinajstić information content (AvgIpc) is 3.37. The number of anilines is 2. The van der Waals surface area contributed by atoms with E-state index in [1.54, 1.807) is 42.7 Å². The summed E-state index contributed by atoms with van der Waals surface area (Å²) in [6.45, 7) is 1.97. The molecule has 0 fully saturated rings. The summed E-state index contributed by atoms with van der Waals surface area (Å²) in [5, 5.41) is 7.65. The summed E-state index contributed by atoms with van der Waals surface area (Å²) in [4.78, 5) is 26.0. The summed E-state index contributed by atoms with van der Waals surface area (Å²) in [6, 6.07) is 19.8. The lowest BCUT2D eigenvalue weighted by atomic mass is 10.1. The van der Waals surface area contributed by atoms with Gasteiger partial charge in [-0.1, -0.05) is 41.4 Å². The Labute approximate surface area is 194 Å². The maximum absolute atomic E-state index is 13.0. The van der Waals surface area contributed by atoms with Crippen molar-refractivity contribution in [2.75, 3.05) is 10.6 Å². The third-order valence-electron chi connectivity index (χ3n) is 5.34. The van der Waals surface area contributed by atoms with Crippen LogP contribution in [0.2, 0.25) is 5.02 Å². The molecule has 2 aromatic heterocycles. The highest BCUT2D eigenvalue weighted by Crippen LogP contribution is 2.32. The van der Waals surface area contributed by atoms with Crippen LogP contribution in [0.3, 0.4) is 0 Å². The van der Waals surface area contributed by atoms with E-state index >= 15 is 0 Å². The van der Waals surface area contributed by atoms with Crippen LogP contribution in [0.25, 0.3) is 21.9 Å². The molecule has 0 saturated heterocycles. The molecule has 7 heteroatoms. The Morgan fingerprint density at radius 1 is 0.909 bits per heavy atom. The van der Waals surface area contributed by atoms with Crippen molar-refractivity contribution < 1.29 is 18.4 Å². The second-order valence-corrected chi connectivity index (χ2v) is 8.19. The second-order valence-electron chi connectivity index (χ2n) is 7.75. The minimum Gasteiger partial charge on any atom is -0.464 e. The van der Waals surface area contributed by atoms with Gasteiger partial charge < -0.3 is 19.5 Å². The van der Waals surface area contributed by atoms with Crippen molar-refractivity contribution in [1.29, 1.82) is 0 Å². The number of nitrogens with one attached hydrogen (secondary N) is 2. The van der Waals surface area contributed by atoms with Crippen LogP contribution in [0.5, 0.6) is 0 Å². The van der Waals surface area contributed by atoms with E-state index < -0.39 is 5.91 Å². The molecule has 5 aromatic rings. The lowest BCUT2D eigenvalue weighted by molar-refractivity contribution is -0.115. The zero-order chi connectivity index (χ0) is 22.9. The molecule has 0 atom stereocenters. The van der Waals surface area contributed by atoms with E-state index in [1.807, 2.05) is 37.3 Å². The van der Waals surface area contributed by atoms with Gasteiger partial charge in [0.15, 0.2) is 0 Å². The Balaban J connectivity index is 1.44. The molecule has 6 nitrogen and oxygen atoms in total. The number of carbonyl (C=O) groups excluding carboxylic acids is 2. The van der Waals surface area contributed by atoms with Gasteiger partial charge >= 0.3 is 0 Å². The monoisotopic (exact) mass is 458 g/mol. The quantitative estimate of drug-likeness (QED) is 0.312. The fraction of sp³-hybridized carbons (Fsp3) is 0.0769. The normalized spacial score (nSPS) is 11.1.